The van der Waals surface area contributed by atoms with Crippen molar-refractivity contribution in [3.05, 3.63) is 35.4 Å². The van der Waals surface area contributed by atoms with Crippen LogP contribution in [-0.2, 0) is 0 Å². The van der Waals surface area contributed by atoms with Crippen LogP contribution in [0.1, 0.15) is 23.5 Å². The van der Waals surface area contributed by atoms with Gasteiger partial charge >= 0.3 is 0 Å². The van der Waals surface area contributed by atoms with Crippen molar-refractivity contribution in [3.63, 3.8) is 0 Å². The molecule has 0 saturated carbocycles. The fourth-order valence-electron chi connectivity index (χ4n) is 3.16. The summed E-state index contributed by atoms with van der Waals surface area (Å²) in [7, 11) is 1.49. The van der Waals surface area contributed by atoms with Crippen LogP contribution in [0.15, 0.2) is 24.3 Å². The Labute approximate surface area is 138 Å². The molecular formula is C17H17NO6. The maximum absolute atomic E-state index is 10.1. The molecule has 0 aliphatic carbocycles. The van der Waals surface area contributed by atoms with Crippen molar-refractivity contribution in [2.45, 2.75) is 18.6 Å². The average Bonchev–Trinajstić information content (AvgIpc) is 3.01. The maximum Gasteiger partial charge on any atom is 0.231 e. The number of anilines is 1. The highest BCUT2D eigenvalue weighted by Crippen LogP contribution is 2.48. The van der Waals surface area contributed by atoms with Gasteiger partial charge in [0.25, 0.3) is 0 Å². The van der Waals surface area contributed by atoms with Crippen molar-refractivity contribution < 1.29 is 29.2 Å². The van der Waals surface area contributed by atoms with E-state index in [1.807, 2.05) is 6.07 Å². The molecule has 24 heavy (non-hydrogen) atoms. The average molecular weight is 331 g/mol. The molecule has 126 valence electrons. The zero-order valence-electron chi connectivity index (χ0n) is 13.0. The number of phenols is 1. The Morgan fingerprint density at radius 3 is 2.62 bits per heavy atom. The molecule has 2 heterocycles. The molecule has 2 atom stereocenters. The number of nitrogens with two attached hydrogens (primary N) is 1. The molecule has 4 N–H and O–H groups in total. The van der Waals surface area contributed by atoms with Gasteiger partial charge in [-0.3, -0.25) is 0 Å². The summed E-state index contributed by atoms with van der Waals surface area (Å²) in [5.41, 5.74) is 7.59. The highest BCUT2D eigenvalue weighted by atomic mass is 16.7. The van der Waals surface area contributed by atoms with E-state index in [2.05, 4.69) is 0 Å². The summed E-state index contributed by atoms with van der Waals surface area (Å²) in [6.07, 6.45) is -0.632. The van der Waals surface area contributed by atoms with E-state index in [1.54, 1.807) is 18.2 Å². The van der Waals surface area contributed by atoms with Crippen LogP contribution in [0.25, 0.3) is 0 Å². The molecule has 7 nitrogen and oxygen atoms in total. The zero-order valence-corrected chi connectivity index (χ0v) is 13.0. The Kier molecular flexibility index (Phi) is 3.31. The SMILES string of the molecule is COc1cc(C2CC(O)Oc3cc4c(cc32)OCO4)cc(O)c1N. The fraction of sp³-hybridized carbons (Fsp3) is 0.294. The Morgan fingerprint density at radius 2 is 1.88 bits per heavy atom. The molecule has 2 aromatic rings. The monoisotopic (exact) mass is 331 g/mol. The molecule has 0 saturated heterocycles. The van der Waals surface area contributed by atoms with Crippen LogP contribution in [0.4, 0.5) is 5.69 Å². The van der Waals surface area contributed by atoms with Crippen molar-refractivity contribution >= 4 is 5.69 Å². The molecule has 0 bridgehead atoms. The minimum Gasteiger partial charge on any atom is -0.506 e. The van der Waals surface area contributed by atoms with E-state index in [1.165, 1.54) is 7.11 Å². The molecule has 2 aromatic carbocycles. The van der Waals surface area contributed by atoms with E-state index in [9.17, 15) is 10.2 Å². The second kappa shape index (κ2) is 5.38. The molecule has 0 aromatic heterocycles. The topological polar surface area (TPSA) is 103 Å². The lowest BCUT2D eigenvalue weighted by Gasteiger charge is -2.30. The number of ether oxygens (including phenoxy) is 4. The van der Waals surface area contributed by atoms with Gasteiger partial charge in [0.05, 0.1) is 7.11 Å². The van der Waals surface area contributed by atoms with Crippen LogP contribution < -0.4 is 24.7 Å². The molecular weight excluding hydrogens is 314 g/mol. The lowest BCUT2D eigenvalue weighted by molar-refractivity contribution is -0.0360. The third kappa shape index (κ3) is 2.25. The summed E-state index contributed by atoms with van der Waals surface area (Å²) >= 11 is 0. The van der Waals surface area contributed by atoms with Crippen LogP contribution in [0.5, 0.6) is 28.7 Å². The van der Waals surface area contributed by atoms with Crippen LogP contribution in [0.3, 0.4) is 0 Å². The third-order valence-electron chi connectivity index (χ3n) is 4.35. The lowest BCUT2D eigenvalue weighted by atomic mass is 9.85. The smallest absolute Gasteiger partial charge is 0.231 e. The van der Waals surface area contributed by atoms with E-state index in [-0.39, 0.29) is 24.1 Å². The number of benzene rings is 2. The van der Waals surface area contributed by atoms with Crippen molar-refractivity contribution in [3.8, 4) is 28.7 Å². The van der Waals surface area contributed by atoms with Crippen LogP contribution in [0.2, 0.25) is 0 Å². The van der Waals surface area contributed by atoms with Gasteiger partial charge < -0.3 is 34.9 Å². The van der Waals surface area contributed by atoms with Gasteiger partial charge in [0.2, 0.25) is 6.79 Å². The van der Waals surface area contributed by atoms with Gasteiger partial charge in [0.15, 0.2) is 17.8 Å². The zero-order chi connectivity index (χ0) is 16.8. The molecule has 2 aliphatic heterocycles. The predicted octanol–water partition coefficient (Wildman–Crippen LogP) is 1.94. The standard InChI is InChI=1S/C17H17NO6/c1-21-15-3-8(2-11(19)17(15)18)9-5-16(20)24-12-6-14-13(4-10(9)12)22-7-23-14/h2-4,6,9,16,19-20H,5,7,18H2,1H3. The number of hydrogen-bond acceptors (Lipinski definition) is 7. The number of methoxy groups -OCH3 is 1. The molecule has 0 fully saturated rings. The molecule has 4 rings (SSSR count). The van der Waals surface area contributed by atoms with Gasteiger partial charge in [-0.1, -0.05) is 0 Å². The number of aliphatic hydroxyl groups is 1. The first kappa shape index (κ1) is 14.8. The number of aromatic hydroxyl groups is 1. The molecule has 7 heteroatoms. The molecule has 0 spiro atoms. The second-order valence-corrected chi connectivity index (χ2v) is 5.76. The normalized spacial score (nSPS) is 21.1. The summed E-state index contributed by atoms with van der Waals surface area (Å²) in [5.74, 6) is 1.85. The Bertz CT molecular complexity index is 806. The summed E-state index contributed by atoms with van der Waals surface area (Å²) in [6.45, 7) is 0.155. The number of rotatable bonds is 2. The van der Waals surface area contributed by atoms with Gasteiger partial charge in [-0.2, -0.15) is 0 Å². The van der Waals surface area contributed by atoms with Gasteiger partial charge in [-0.15, -0.1) is 0 Å². The third-order valence-corrected chi connectivity index (χ3v) is 4.35. The highest BCUT2D eigenvalue weighted by Gasteiger charge is 2.32. The molecule has 2 unspecified atom stereocenters. The number of phenolic OH excluding ortho intramolecular Hbond substituents is 1. The number of fused-ring (bicyclic) bond motifs is 2. The summed E-state index contributed by atoms with van der Waals surface area (Å²) < 4.78 is 21.5. The first-order chi connectivity index (χ1) is 11.6. The van der Waals surface area contributed by atoms with Crippen molar-refractivity contribution in [2.24, 2.45) is 0 Å². The predicted molar refractivity (Wildman–Crippen MR) is 84.7 cm³/mol. The van der Waals surface area contributed by atoms with Gasteiger partial charge in [-0.25, -0.2) is 0 Å². The van der Waals surface area contributed by atoms with E-state index in [0.717, 1.165) is 11.1 Å². The maximum atomic E-state index is 10.1. The highest BCUT2D eigenvalue weighted by molar-refractivity contribution is 5.65. The number of aliphatic hydroxyl groups excluding tert-OH is 1. The van der Waals surface area contributed by atoms with Crippen molar-refractivity contribution in [1.29, 1.82) is 0 Å². The molecule has 0 amide bonds. The fourth-order valence-corrected chi connectivity index (χ4v) is 3.16. The van der Waals surface area contributed by atoms with Crippen LogP contribution >= 0.6 is 0 Å². The van der Waals surface area contributed by atoms with E-state index in [4.69, 9.17) is 24.7 Å². The second-order valence-electron chi connectivity index (χ2n) is 5.76. The lowest BCUT2D eigenvalue weighted by Crippen LogP contribution is -2.25. The minimum absolute atomic E-state index is 0.0624. The van der Waals surface area contributed by atoms with Gasteiger partial charge in [-0.05, 0) is 23.8 Å². The first-order valence-electron chi connectivity index (χ1n) is 7.51. The molecule has 0 radical (unpaired) electrons. The van der Waals surface area contributed by atoms with Gasteiger partial charge in [0.1, 0.15) is 22.9 Å². The minimum atomic E-state index is -0.964. The summed E-state index contributed by atoms with van der Waals surface area (Å²) in [4.78, 5) is 0. The Hall–Kier alpha value is -2.80. The van der Waals surface area contributed by atoms with Crippen LogP contribution in [0, 0.1) is 0 Å². The Morgan fingerprint density at radius 1 is 1.12 bits per heavy atom. The summed E-state index contributed by atoms with van der Waals surface area (Å²) in [5, 5.41) is 20.1. The van der Waals surface area contributed by atoms with Crippen LogP contribution in [-0.4, -0.2) is 30.4 Å². The van der Waals surface area contributed by atoms with Crippen molar-refractivity contribution in [1.82, 2.24) is 0 Å². The van der Waals surface area contributed by atoms with Gasteiger partial charge in [0, 0.05) is 24.0 Å². The van der Waals surface area contributed by atoms with E-state index < -0.39 is 6.29 Å². The number of nitrogen functional groups attached to an aromatic ring is 1. The largest absolute Gasteiger partial charge is 0.506 e. The summed E-state index contributed by atoms with van der Waals surface area (Å²) in [6, 6.07) is 6.89. The first-order valence-corrected chi connectivity index (χ1v) is 7.51. The van der Waals surface area contributed by atoms with E-state index in [0.29, 0.717) is 29.4 Å². The number of hydrogen-bond donors (Lipinski definition) is 3. The van der Waals surface area contributed by atoms with Crippen molar-refractivity contribution in [2.75, 3.05) is 19.6 Å². The quantitative estimate of drug-likeness (QED) is 0.571. The Balaban J connectivity index is 1.84. The molecule has 2 aliphatic rings. The van der Waals surface area contributed by atoms with E-state index >= 15 is 0 Å².